The zero-order valence-electron chi connectivity index (χ0n) is 14.7. The number of anilines is 1. The van der Waals surface area contributed by atoms with Crippen LogP contribution in [0.25, 0.3) is 0 Å². The Morgan fingerprint density at radius 3 is 2.52 bits per heavy atom. The lowest BCUT2D eigenvalue weighted by Crippen LogP contribution is -2.46. The number of methoxy groups -OCH3 is 1. The maximum Gasteiger partial charge on any atom is 0.267 e. The van der Waals surface area contributed by atoms with Crippen LogP contribution < -0.4 is 10.1 Å². The number of piperazine rings is 1. The first-order valence-electron chi connectivity index (χ1n) is 8.02. The average molecular weight is 342 g/mol. The number of rotatable bonds is 4. The Morgan fingerprint density at radius 1 is 1.28 bits per heavy atom. The standard InChI is InChI=1S/C18H22N4O3/c1-13-4-5-17(25-3)16(10-13)20-18(24)15(11-19)12-21-6-8-22(9-7-21)14(2)23/h4-5,10,12H,6-9H2,1-3H3,(H,20,24)/b15-12-. The van der Waals surface area contributed by atoms with Gasteiger partial charge in [-0.25, -0.2) is 0 Å². The van der Waals surface area contributed by atoms with Crippen LogP contribution in [0.3, 0.4) is 0 Å². The van der Waals surface area contributed by atoms with Gasteiger partial charge in [0.15, 0.2) is 0 Å². The van der Waals surface area contributed by atoms with E-state index in [0.717, 1.165) is 5.56 Å². The fourth-order valence-corrected chi connectivity index (χ4v) is 2.60. The van der Waals surface area contributed by atoms with Gasteiger partial charge in [0.05, 0.1) is 12.8 Å². The normalized spacial score (nSPS) is 14.7. The van der Waals surface area contributed by atoms with Gasteiger partial charge in [-0.2, -0.15) is 5.26 Å². The number of nitrogens with one attached hydrogen (secondary N) is 1. The Bertz CT molecular complexity index is 728. The lowest BCUT2D eigenvalue weighted by atomic mass is 10.2. The molecule has 0 aliphatic carbocycles. The number of aryl methyl sites for hydroxylation is 1. The van der Waals surface area contributed by atoms with Gasteiger partial charge in [-0.05, 0) is 24.6 Å². The summed E-state index contributed by atoms with van der Waals surface area (Å²) in [6.07, 6.45) is 1.55. The van der Waals surface area contributed by atoms with Gasteiger partial charge >= 0.3 is 0 Å². The molecular weight excluding hydrogens is 320 g/mol. The first-order valence-corrected chi connectivity index (χ1v) is 8.02. The van der Waals surface area contributed by atoms with Gasteiger partial charge in [0.2, 0.25) is 5.91 Å². The van der Waals surface area contributed by atoms with Crippen LogP contribution in [0.1, 0.15) is 12.5 Å². The summed E-state index contributed by atoms with van der Waals surface area (Å²) < 4.78 is 5.23. The van der Waals surface area contributed by atoms with Crippen molar-refractivity contribution in [2.75, 3.05) is 38.6 Å². The molecule has 0 saturated carbocycles. The van der Waals surface area contributed by atoms with E-state index in [4.69, 9.17) is 4.74 Å². The first kappa shape index (κ1) is 18.3. The highest BCUT2D eigenvalue weighted by Crippen LogP contribution is 2.25. The van der Waals surface area contributed by atoms with Crippen molar-refractivity contribution in [1.29, 1.82) is 5.26 Å². The van der Waals surface area contributed by atoms with Crippen molar-refractivity contribution in [1.82, 2.24) is 9.80 Å². The molecule has 1 aromatic carbocycles. The van der Waals surface area contributed by atoms with Crippen molar-refractivity contribution < 1.29 is 14.3 Å². The number of ether oxygens (including phenoxy) is 1. The van der Waals surface area contributed by atoms with Gasteiger partial charge in [-0.3, -0.25) is 9.59 Å². The van der Waals surface area contributed by atoms with Gasteiger partial charge in [0.25, 0.3) is 5.91 Å². The van der Waals surface area contributed by atoms with E-state index in [1.807, 2.05) is 24.0 Å². The van der Waals surface area contributed by atoms with E-state index in [9.17, 15) is 14.9 Å². The van der Waals surface area contributed by atoms with Crippen LogP contribution in [0.5, 0.6) is 5.75 Å². The third-order valence-corrected chi connectivity index (χ3v) is 4.04. The molecule has 25 heavy (non-hydrogen) atoms. The SMILES string of the molecule is COc1ccc(C)cc1NC(=O)/C(C#N)=C\N1CCN(C(C)=O)CC1. The molecule has 0 atom stereocenters. The quantitative estimate of drug-likeness (QED) is 0.662. The molecule has 1 saturated heterocycles. The van der Waals surface area contributed by atoms with Crippen molar-refractivity contribution >= 4 is 17.5 Å². The predicted molar refractivity (Wildman–Crippen MR) is 93.9 cm³/mol. The minimum Gasteiger partial charge on any atom is -0.495 e. The molecule has 2 rings (SSSR count). The molecule has 1 N–H and O–H groups in total. The summed E-state index contributed by atoms with van der Waals surface area (Å²) in [4.78, 5) is 27.4. The molecule has 1 fully saturated rings. The van der Waals surface area contributed by atoms with E-state index >= 15 is 0 Å². The number of hydrogen-bond donors (Lipinski definition) is 1. The maximum atomic E-state index is 12.4. The van der Waals surface area contributed by atoms with Crippen molar-refractivity contribution in [3.05, 3.63) is 35.5 Å². The molecule has 0 radical (unpaired) electrons. The van der Waals surface area contributed by atoms with Gasteiger partial charge < -0.3 is 19.9 Å². The topological polar surface area (TPSA) is 85.7 Å². The van der Waals surface area contributed by atoms with Crippen molar-refractivity contribution in [3.8, 4) is 11.8 Å². The second kappa shape index (κ2) is 8.20. The van der Waals surface area contributed by atoms with Crippen LogP contribution in [0.2, 0.25) is 0 Å². The molecule has 0 unspecified atom stereocenters. The molecule has 0 bridgehead atoms. The number of carbonyl (C=O) groups excluding carboxylic acids is 2. The van der Waals surface area contributed by atoms with E-state index in [0.29, 0.717) is 37.6 Å². The second-order valence-corrected chi connectivity index (χ2v) is 5.85. The van der Waals surface area contributed by atoms with E-state index in [2.05, 4.69) is 5.32 Å². The highest BCUT2D eigenvalue weighted by atomic mass is 16.5. The van der Waals surface area contributed by atoms with Gasteiger partial charge in [-0.1, -0.05) is 6.07 Å². The smallest absolute Gasteiger partial charge is 0.267 e. The zero-order chi connectivity index (χ0) is 18.4. The fourth-order valence-electron chi connectivity index (χ4n) is 2.60. The summed E-state index contributed by atoms with van der Waals surface area (Å²) in [5.41, 5.74) is 1.51. The summed E-state index contributed by atoms with van der Waals surface area (Å²) in [6, 6.07) is 7.38. The van der Waals surface area contributed by atoms with Crippen LogP contribution >= 0.6 is 0 Å². The molecule has 0 aromatic heterocycles. The lowest BCUT2D eigenvalue weighted by molar-refractivity contribution is -0.130. The molecule has 1 aliphatic heterocycles. The number of amides is 2. The fraction of sp³-hybridized carbons (Fsp3) is 0.389. The Balaban J connectivity index is 2.08. The highest BCUT2D eigenvalue weighted by molar-refractivity contribution is 6.07. The average Bonchev–Trinajstić information content (AvgIpc) is 2.60. The summed E-state index contributed by atoms with van der Waals surface area (Å²) in [5.74, 6) is 0.0835. The number of carbonyl (C=O) groups is 2. The Kier molecular flexibility index (Phi) is 6.01. The molecule has 0 spiro atoms. The predicted octanol–water partition coefficient (Wildman–Crippen LogP) is 1.51. The maximum absolute atomic E-state index is 12.4. The third kappa shape index (κ3) is 4.73. The molecule has 2 amide bonds. The van der Waals surface area contributed by atoms with Crippen LogP contribution in [-0.2, 0) is 9.59 Å². The van der Waals surface area contributed by atoms with Crippen molar-refractivity contribution in [3.63, 3.8) is 0 Å². The Labute approximate surface area is 147 Å². The minimum absolute atomic E-state index is 0.0137. The van der Waals surface area contributed by atoms with Crippen molar-refractivity contribution in [2.45, 2.75) is 13.8 Å². The van der Waals surface area contributed by atoms with E-state index < -0.39 is 5.91 Å². The molecular formula is C18H22N4O3. The van der Waals surface area contributed by atoms with E-state index in [-0.39, 0.29) is 11.5 Å². The van der Waals surface area contributed by atoms with Gasteiger partial charge in [0.1, 0.15) is 17.4 Å². The second-order valence-electron chi connectivity index (χ2n) is 5.85. The monoisotopic (exact) mass is 342 g/mol. The third-order valence-electron chi connectivity index (χ3n) is 4.04. The largest absolute Gasteiger partial charge is 0.495 e. The molecule has 1 aromatic rings. The molecule has 1 aliphatic rings. The Hall–Kier alpha value is -3.01. The number of nitriles is 1. The molecule has 7 nitrogen and oxygen atoms in total. The molecule has 7 heteroatoms. The number of nitrogens with zero attached hydrogens (tertiary/aromatic N) is 3. The van der Waals surface area contributed by atoms with Crippen LogP contribution in [0.4, 0.5) is 5.69 Å². The van der Waals surface area contributed by atoms with Crippen LogP contribution in [0, 0.1) is 18.3 Å². The van der Waals surface area contributed by atoms with E-state index in [1.165, 1.54) is 14.0 Å². The Morgan fingerprint density at radius 2 is 1.96 bits per heavy atom. The van der Waals surface area contributed by atoms with Gasteiger partial charge in [-0.15, -0.1) is 0 Å². The zero-order valence-corrected chi connectivity index (χ0v) is 14.7. The lowest BCUT2D eigenvalue weighted by Gasteiger charge is -2.33. The summed E-state index contributed by atoms with van der Waals surface area (Å²) in [6.45, 7) is 5.78. The molecule has 1 heterocycles. The minimum atomic E-state index is -0.486. The summed E-state index contributed by atoms with van der Waals surface area (Å²) >= 11 is 0. The van der Waals surface area contributed by atoms with Crippen molar-refractivity contribution in [2.24, 2.45) is 0 Å². The highest BCUT2D eigenvalue weighted by Gasteiger charge is 2.19. The first-order chi connectivity index (χ1) is 11.9. The number of benzene rings is 1. The van der Waals surface area contributed by atoms with Crippen LogP contribution in [-0.4, -0.2) is 54.9 Å². The van der Waals surface area contributed by atoms with Crippen LogP contribution in [0.15, 0.2) is 30.0 Å². The van der Waals surface area contributed by atoms with Gasteiger partial charge in [0, 0.05) is 39.3 Å². The summed E-state index contributed by atoms with van der Waals surface area (Å²) in [5, 5.41) is 12.0. The molecule has 132 valence electrons. The number of hydrogen-bond acceptors (Lipinski definition) is 5. The van der Waals surface area contributed by atoms with E-state index in [1.54, 1.807) is 23.2 Å². The summed E-state index contributed by atoms with van der Waals surface area (Å²) in [7, 11) is 1.52.